The van der Waals surface area contributed by atoms with Crippen LogP contribution in [0.4, 0.5) is 4.39 Å². The Balaban J connectivity index is 1.27. The lowest BCUT2D eigenvalue weighted by Gasteiger charge is -2.12. The normalized spacial score (nSPS) is 11.0. The van der Waals surface area contributed by atoms with Crippen molar-refractivity contribution in [2.45, 2.75) is 52.1 Å². The molecule has 45 heavy (non-hydrogen) atoms. The minimum atomic E-state index is -0.554. The van der Waals surface area contributed by atoms with Crippen molar-refractivity contribution in [2.75, 3.05) is 47.3 Å². The number of hydrogen-bond acceptors (Lipinski definition) is 9. The molecule has 0 aliphatic heterocycles. The van der Waals surface area contributed by atoms with Crippen molar-refractivity contribution in [3.05, 3.63) is 74.3 Å². The number of rotatable bonds is 20. The Morgan fingerprint density at radius 3 is 2.31 bits per heavy atom. The fourth-order valence-electron chi connectivity index (χ4n) is 4.38. The average molecular weight is 670 g/mol. The van der Waals surface area contributed by atoms with Crippen molar-refractivity contribution < 1.29 is 42.4 Å². The monoisotopic (exact) mass is 668 g/mol. The van der Waals surface area contributed by atoms with E-state index < -0.39 is 11.8 Å². The Labute approximate surface area is 272 Å². The van der Waals surface area contributed by atoms with Gasteiger partial charge in [0.1, 0.15) is 6.61 Å². The zero-order valence-electron chi connectivity index (χ0n) is 25.7. The molecule has 246 valence electrons. The number of aromatic nitrogens is 2. The summed E-state index contributed by atoms with van der Waals surface area (Å²) >= 11 is 12.6. The number of nitrogens with zero attached hydrogens (tertiary/aromatic N) is 1. The number of aromatic amines is 1. The summed E-state index contributed by atoms with van der Waals surface area (Å²) in [6.07, 6.45) is 3.64. The second-order valence-electron chi connectivity index (χ2n) is 10.0. The van der Waals surface area contributed by atoms with Crippen LogP contribution in [0.1, 0.15) is 58.6 Å². The van der Waals surface area contributed by atoms with E-state index in [-0.39, 0.29) is 30.3 Å². The number of nitrogens with one attached hydrogen (secondary N) is 1. The third kappa shape index (κ3) is 11.8. The number of aryl methyl sites for hydroxylation is 2. The van der Waals surface area contributed by atoms with Gasteiger partial charge in [-0.2, -0.15) is 5.10 Å². The van der Waals surface area contributed by atoms with Gasteiger partial charge in [0, 0.05) is 19.6 Å². The van der Waals surface area contributed by atoms with Gasteiger partial charge in [0.2, 0.25) is 0 Å². The van der Waals surface area contributed by atoms with Crippen molar-refractivity contribution >= 4 is 35.1 Å². The van der Waals surface area contributed by atoms with Crippen molar-refractivity contribution in [3.8, 4) is 11.5 Å². The highest BCUT2D eigenvalue weighted by Crippen LogP contribution is 2.34. The van der Waals surface area contributed by atoms with Gasteiger partial charge in [0.05, 0.1) is 61.0 Å². The molecule has 0 saturated heterocycles. The molecule has 0 unspecified atom stereocenters. The molecule has 3 aromatic rings. The topological polar surface area (TPSA) is 118 Å². The Morgan fingerprint density at radius 2 is 1.60 bits per heavy atom. The maximum atomic E-state index is 14.1. The van der Waals surface area contributed by atoms with Crippen LogP contribution >= 0.6 is 23.2 Å². The molecule has 1 N–H and O–H groups in total. The maximum absolute atomic E-state index is 14.1. The van der Waals surface area contributed by atoms with E-state index in [4.69, 9.17) is 42.1 Å². The number of carbonyl (C=O) groups is 2. The third-order valence-electron chi connectivity index (χ3n) is 6.79. The molecule has 0 aliphatic rings. The molecule has 0 bridgehead atoms. The lowest BCUT2D eigenvalue weighted by molar-refractivity contribution is -0.140. The van der Waals surface area contributed by atoms with E-state index in [2.05, 4.69) is 19.7 Å². The van der Waals surface area contributed by atoms with E-state index in [1.807, 2.05) is 6.92 Å². The Morgan fingerprint density at radius 1 is 0.867 bits per heavy atom. The van der Waals surface area contributed by atoms with Gasteiger partial charge < -0.3 is 28.4 Å². The summed E-state index contributed by atoms with van der Waals surface area (Å²) in [5, 5.41) is 8.08. The SMILES string of the molecule is COC(=O)CCc1cc(Cl)c(OCCOCCCCOCc2[nH]nc(C)c2CCCOc2cc(C(=O)OC)ccc2F)c(Cl)c1. The smallest absolute Gasteiger partial charge is 0.337 e. The summed E-state index contributed by atoms with van der Waals surface area (Å²) in [5.41, 5.74) is 3.86. The molecule has 2 aromatic carbocycles. The van der Waals surface area contributed by atoms with E-state index in [1.165, 1.54) is 32.4 Å². The quantitative estimate of drug-likeness (QED) is 0.107. The zero-order valence-corrected chi connectivity index (χ0v) is 27.2. The summed E-state index contributed by atoms with van der Waals surface area (Å²) in [5.74, 6) is -0.998. The van der Waals surface area contributed by atoms with Gasteiger partial charge in [-0.15, -0.1) is 0 Å². The summed E-state index contributed by atoms with van der Waals surface area (Å²) in [4.78, 5) is 23.0. The number of ether oxygens (including phenoxy) is 6. The number of hydrogen-bond donors (Lipinski definition) is 1. The average Bonchev–Trinajstić information content (AvgIpc) is 3.38. The second kappa shape index (κ2) is 19.2. The van der Waals surface area contributed by atoms with Crippen LogP contribution in [0.15, 0.2) is 30.3 Å². The first-order valence-corrected chi connectivity index (χ1v) is 15.4. The highest BCUT2D eigenvalue weighted by molar-refractivity contribution is 6.37. The maximum Gasteiger partial charge on any atom is 0.337 e. The van der Waals surface area contributed by atoms with Crippen LogP contribution in [0.5, 0.6) is 11.5 Å². The predicted octanol–water partition coefficient (Wildman–Crippen LogP) is 6.46. The van der Waals surface area contributed by atoms with E-state index in [9.17, 15) is 14.0 Å². The Bertz CT molecular complexity index is 1380. The molecule has 1 aromatic heterocycles. The fraction of sp³-hybridized carbons (Fsp3) is 0.469. The number of carbonyl (C=O) groups excluding carboxylic acids is 2. The first kappa shape index (κ1) is 36.1. The summed E-state index contributed by atoms with van der Waals surface area (Å²) < 4.78 is 46.2. The van der Waals surface area contributed by atoms with Crippen molar-refractivity contribution in [1.29, 1.82) is 0 Å². The van der Waals surface area contributed by atoms with Crippen molar-refractivity contribution in [2.24, 2.45) is 0 Å². The molecule has 0 amide bonds. The lowest BCUT2D eigenvalue weighted by atomic mass is 10.1. The van der Waals surface area contributed by atoms with Gasteiger partial charge in [-0.25, -0.2) is 9.18 Å². The Kier molecular flexibility index (Phi) is 15.4. The number of methoxy groups -OCH3 is 2. The van der Waals surface area contributed by atoms with Crippen LogP contribution in [0.2, 0.25) is 10.0 Å². The van der Waals surface area contributed by atoms with E-state index in [1.54, 1.807) is 12.1 Å². The van der Waals surface area contributed by atoms with Crippen LogP contribution < -0.4 is 9.47 Å². The van der Waals surface area contributed by atoms with Crippen molar-refractivity contribution in [1.82, 2.24) is 10.2 Å². The van der Waals surface area contributed by atoms with Gasteiger partial charge in [-0.05, 0) is 80.5 Å². The fourth-order valence-corrected chi connectivity index (χ4v) is 5.02. The van der Waals surface area contributed by atoms with Gasteiger partial charge in [0.25, 0.3) is 0 Å². The largest absolute Gasteiger partial charge is 0.490 e. The number of halogens is 3. The van der Waals surface area contributed by atoms with Gasteiger partial charge in [0.15, 0.2) is 17.3 Å². The molecule has 10 nitrogen and oxygen atoms in total. The minimum absolute atomic E-state index is 0.00970. The minimum Gasteiger partial charge on any atom is -0.490 e. The number of esters is 2. The molecule has 0 radical (unpaired) electrons. The van der Waals surface area contributed by atoms with Crippen LogP contribution in [-0.4, -0.2) is 69.4 Å². The van der Waals surface area contributed by atoms with Crippen LogP contribution in [0.3, 0.4) is 0 Å². The second-order valence-corrected chi connectivity index (χ2v) is 10.9. The lowest BCUT2D eigenvalue weighted by Crippen LogP contribution is -2.09. The first-order valence-electron chi connectivity index (χ1n) is 14.6. The molecular formula is C32H39Cl2FN2O8. The molecule has 0 spiro atoms. The molecule has 3 rings (SSSR count). The molecule has 0 atom stereocenters. The van der Waals surface area contributed by atoms with Crippen LogP contribution in [-0.2, 0) is 43.2 Å². The molecule has 0 fully saturated rings. The third-order valence-corrected chi connectivity index (χ3v) is 7.35. The molecule has 1 heterocycles. The van der Waals surface area contributed by atoms with E-state index in [0.29, 0.717) is 68.1 Å². The Hall–Kier alpha value is -3.38. The molecular weight excluding hydrogens is 630 g/mol. The number of H-pyrrole nitrogens is 1. The predicted molar refractivity (Wildman–Crippen MR) is 167 cm³/mol. The van der Waals surface area contributed by atoms with E-state index >= 15 is 0 Å². The molecule has 0 saturated carbocycles. The number of benzene rings is 2. The van der Waals surface area contributed by atoms with Gasteiger partial charge >= 0.3 is 11.9 Å². The first-order chi connectivity index (χ1) is 21.7. The van der Waals surface area contributed by atoms with E-state index in [0.717, 1.165) is 35.4 Å². The summed E-state index contributed by atoms with van der Waals surface area (Å²) in [6.45, 7) is 4.36. The zero-order chi connectivity index (χ0) is 32.6. The van der Waals surface area contributed by atoms with Crippen molar-refractivity contribution in [3.63, 3.8) is 0 Å². The number of unbranched alkanes of at least 4 members (excludes halogenated alkanes) is 1. The van der Waals surface area contributed by atoms with Crippen LogP contribution in [0.25, 0.3) is 0 Å². The molecule has 0 aliphatic carbocycles. The standard InChI is InChI=1S/C32H39Cl2FN2O8/c1-21-24(7-6-14-44-29-19-23(32(39)41-3)9-10-27(29)35)28(37-36-21)20-43-13-5-4-12-42-15-16-45-31-25(33)17-22(18-26(31)34)8-11-30(38)40-2/h9-10,17-19H,4-8,11-16,20H2,1-3H3,(H,36,37). The highest BCUT2D eigenvalue weighted by atomic mass is 35.5. The molecule has 13 heteroatoms. The highest BCUT2D eigenvalue weighted by Gasteiger charge is 2.14. The van der Waals surface area contributed by atoms with Crippen LogP contribution in [0, 0.1) is 12.7 Å². The summed E-state index contributed by atoms with van der Waals surface area (Å²) in [6, 6.07) is 7.34. The summed E-state index contributed by atoms with van der Waals surface area (Å²) in [7, 11) is 2.62. The van der Waals surface area contributed by atoms with Gasteiger partial charge in [-0.1, -0.05) is 23.2 Å². The van der Waals surface area contributed by atoms with Gasteiger partial charge in [-0.3, -0.25) is 9.89 Å².